The van der Waals surface area contributed by atoms with E-state index in [0.717, 1.165) is 0 Å². The van der Waals surface area contributed by atoms with Crippen LogP contribution in [0.4, 0.5) is 14.4 Å². The van der Waals surface area contributed by atoms with Crippen LogP contribution in [0, 0.1) is 17.3 Å². The van der Waals surface area contributed by atoms with Gasteiger partial charge in [0.15, 0.2) is 0 Å². The number of methoxy groups -OCH3 is 2. The first-order valence-electron chi connectivity index (χ1n) is 33.7. The molecule has 5 aliphatic rings. The highest BCUT2D eigenvalue weighted by Crippen LogP contribution is 2.24. The van der Waals surface area contributed by atoms with E-state index in [9.17, 15) is 63.6 Å². The van der Waals surface area contributed by atoms with Crippen LogP contribution in [-0.2, 0) is 71.4 Å². The van der Waals surface area contributed by atoms with Crippen molar-refractivity contribution in [3.63, 3.8) is 0 Å². The van der Waals surface area contributed by atoms with Gasteiger partial charge in [0.05, 0.1) is 129 Å². The minimum absolute atomic E-state index is 0.0418. The fraction of sp³-hybridized carbons (Fsp3) is 0.855. The third kappa shape index (κ3) is 29.9. The zero-order chi connectivity index (χ0) is 69.8. The van der Waals surface area contributed by atoms with Crippen LogP contribution < -0.4 is 10.6 Å². The standard InChI is InChI=1S/C62H109N11O22S/c1-6-93-59(84)69-23-17-66(18-24-69)35-49(74)38-89-43-62(44-90-39-50(75)36-67-19-25-70(26-20-67)60(85)94-7-2,45-91-40-51(76)37-68-21-27-71(28-22-68)61(86)95-8-3)46-92-41-52(77)42-96-30-29-65(13-9-53(78)63-11-15-72-33-47(31-55(72)80)57(82)87-4)14-10-54(79)64-12-16-73-34-48(32-56(73)81)58(83)88-5/h47-52,74-77H,6-46H2,1-5H3,(H,63,78)(H,64,79). The highest BCUT2D eigenvalue weighted by Gasteiger charge is 2.38. The maximum atomic E-state index is 13.1. The molecule has 5 aliphatic heterocycles. The molecule has 5 rings (SSSR count). The lowest BCUT2D eigenvalue weighted by molar-refractivity contribution is -0.145. The Bertz CT molecular complexity index is 2180. The summed E-state index contributed by atoms with van der Waals surface area (Å²) in [4.78, 5) is 128. The van der Waals surface area contributed by atoms with Crippen molar-refractivity contribution in [2.75, 3.05) is 255 Å². The first-order valence-corrected chi connectivity index (χ1v) is 34.8. The number of carbonyl (C=O) groups excluding carboxylic acids is 9. The number of hydrogen-bond acceptors (Lipinski definition) is 27. The summed E-state index contributed by atoms with van der Waals surface area (Å²) in [5.74, 6) is -2.32. The molecule has 7 amide bonds. The number of hydrogen-bond donors (Lipinski definition) is 6. The third-order valence-corrected chi connectivity index (χ3v) is 18.1. The number of amides is 7. The lowest BCUT2D eigenvalue weighted by atomic mass is 9.92. The van der Waals surface area contributed by atoms with Crippen molar-refractivity contribution in [3.05, 3.63) is 0 Å². The Morgan fingerprint density at radius 1 is 0.510 bits per heavy atom. The van der Waals surface area contributed by atoms with E-state index >= 15 is 0 Å². The average Bonchev–Trinajstić information content (AvgIpc) is 1.50. The van der Waals surface area contributed by atoms with Crippen molar-refractivity contribution in [1.82, 2.24) is 54.7 Å². The zero-order valence-electron chi connectivity index (χ0n) is 57.0. The third-order valence-electron chi connectivity index (χ3n) is 17.1. The average molecular weight is 1390 g/mol. The fourth-order valence-electron chi connectivity index (χ4n) is 11.7. The minimum Gasteiger partial charge on any atom is -0.469 e. The Morgan fingerprint density at radius 3 is 1.17 bits per heavy atom. The van der Waals surface area contributed by atoms with E-state index in [4.69, 9.17) is 42.6 Å². The zero-order valence-corrected chi connectivity index (χ0v) is 57.8. The van der Waals surface area contributed by atoms with E-state index in [2.05, 4.69) is 10.6 Å². The first-order chi connectivity index (χ1) is 46.2. The summed E-state index contributed by atoms with van der Waals surface area (Å²) in [5, 5.41) is 50.9. The Kier molecular flexibility index (Phi) is 37.6. The number of thioether (sulfide) groups is 1. The largest absolute Gasteiger partial charge is 0.469 e. The Labute approximate surface area is 568 Å². The van der Waals surface area contributed by atoms with Crippen LogP contribution in [-0.4, -0.2) is 398 Å². The van der Waals surface area contributed by atoms with Crippen molar-refractivity contribution < 1.29 is 106 Å². The monoisotopic (exact) mass is 1390 g/mol. The number of piperazine rings is 3. The van der Waals surface area contributed by atoms with E-state index in [-0.39, 0.29) is 218 Å². The molecule has 550 valence electrons. The molecule has 0 aliphatic carbocycles. The smallest absolute Gasteiger partial charge is 0.409 e. The Morgan fingerprint density at radius 2 is 0.844 bits per heavy atom. The highest BCUT2D eigenvalue weighted by atomic mass is 32.2. The van der Waals surface area contributed by atoms with E-state index in [0.29, 0.717) is 90.8 Å². The van der Waals surface area contributed by atoms with Crippen molar-refractivity contribution in [1.29, 1.82) is 0 Å². The van der Waals surface area contributed by atoms with Gasteiger partial charge >= 0.3 is 30.2 Å². The van der Waals surface area contributed by atoms with E-state index < -0.39 is 53.6 Å². The van der Waals surface area contributed by atoms with E-state index in [1.165, 1.54) is 35.8 Å². The molecule has 34 heteroatoms. The minimum atomic E-state index is -1.13. The second kappa shape index (κ2) is 44.5. The second-order valence-electron chi connectivity index (χ2n) is 24.8. The van der Waals surface area contributed by atoms with Crippen LogP contribution >= 0.6 is 11.8 Å². The lowest BCUT2D eigenvalue weighted by Crippen LogP contribution is -2.51. The van der Waals surface area contributed by atoms with Gasteiger partial charge in [0.25, 0.3) is 0 Å². The predicted octanol–water partition coefficient (Wildman–Crippen LogP) is -3.10. The molecular weight excluding hydrogens is 1280 g/mol. The van der Waals surface area contributed by atoms with Gasteiger partial charge in [-0.3, -0.25) is 43.5 Å². The predicted molar refractivity (Wildman–Crippen MR) is 347 cm³/mol. The SMILES string of the molecule is CCOC(=O)N1CCN(CC(O)COCC(COCC(O)CSCCN(CCC(=O)NCCN2CC(C(=O)OC)CC2=O)CCC(=O)NCCN2CC(C(=O)OC)CC2=O)(COCC(O)CN2CCN(C(=O)OCC)CC2)COCC(O)CN2CCN(C(=O)OCC)CC2)CC1. The molecule has 0 saturated carbocycles. The van der Waals surface area contributed by atoms with E-state index in [1.54, 1.807) is 35.5 Å². The van der Waals surface area contributed by atoms with Gasteiger partial charge in [-0.05, 0) is 20.8 Å². The number of nitrogens with one attached hydrogen (secondary N) is 2. The molecule has 6 atom stereocenters. The molecule has 0 spiro atoms. The number of aliphatic hydroxyl groups is 4. The van der Waals surface area contributed by atoms with E-state index in [1.807, 2.05) is 19.6 Å². The van der Waals surface area contributed by atoms with Crippen LogP contribution in [0.5, 0.6) is 0 Å². The maximum Gasteiger partial charge on any atom is 0.409 e. The molecule has 0 bridgehead atoms. The number of esters is 2. The van der Waals surface area contributed by atoms with Crippen molar-refractivity contribution in [2.45, 2.75) is 70.9 Å². The summed E-state index contributed by atoms with van der Waals surface area (Å²) in [5.41, 5.74) is -1.13. The van der Waals surface area contributed by atoms with Gasteiger partial charge in [0.1, 0.15) is 0 Å². The summed E-state index contributed by atoms with van der Waals surface area (Å²) in [6.45, 7) is 13.8. The molecule has 5 fully saturated rings. The van der Waals surface area contributed by atoms with Gasteiger partial charge in [-0.25, -0.2) is 14.4 Å². The van der Waals surface area contributed by atoms with Crippen LogP contribution in [0.2, 0.25) is 0 Å². The molecule has 96 heavy (non-hydrogen) atoms. The number of likely N-dealkylation sites (tertiary alicyclic amines) is 2. The summed E-state index contributed by atoms with van der Waals surface area (Å²) in [6, 6.07) is 0. The molecular formula is C62H109N11O22S. The fourth-order valence-corrected chi connectivity index (χ4v) is 12.6. The number of aliphatic hydroxyl groups excluding tert-OH is 4. The summed E-state index contributed by atoms with van der Waals surface area (Å²) in [7, 11) is 2.54. The second-order valence-corrected chi connectivity index (χ2v) is 25.9. The normalized spacial score (nSPS) is 20.2. The summed E-state index contributed by atoms with van der Waals surface area (Å²) < 4.78 is 50.2. The Hall–Kier alpha value is -5.50. The van der Waals surface area contributed by atoms with Crippen molar-refractivity contribution in [2.24, 2.45) is 17.3 Å². The molecule has 5 saturated heterocycles. The van der Waals surface area contributed by atoms with Gasteiger partial charge in [0, 0.05) is 194 Å². The molecule has 0 radical (unpaired) electrons. The molecule has 0 aromatic heterocycles. The lowest BCUT2D eigenvalue weighted by Gasteiger charge is -2.37. The number of rotatable bonds is 44. The van der Waals surface area contributed by atoms with Crippen LogP contribution in [0.15, 0.2) is 0 Å². The number of ether oxygens (including phenoxy) is 9. The van der Waals surface area contributed by atoms with Crippen LogP contribution in [0.3, 0.4) is 0 Å². The van der Waals surface area contributed by atoms with Gasteiger partial charge in [0.2, 0.25) is 23.6 Å². The maximum absolute atomic E-state index is 13.1. The number of nitrogens with zero attached hydrogens (tertiary/aromatic N) is 9. The molecule has 5 heterocycles. The van der Waals surface area contributed by atoms with Crippen LogP contribution in [0.25, 0.3) is 0 Å². The summed E-state index contributed by atoms with van der Waals surface area (Å²) in [6.07, 6.45) is -4.74. The van der Waals surface area contributed by atoms with Crippen molar-refractivity contribution >= 4 is 65.6 Å². The van der Waals surface area contributed by atoms with Crippen molar-refractivity contribution in [3.8, 4) is 0 Å². The Balaban J connectivity index is 1.20. The molecule has 6 unspecified atom stereocenters. The first kappa shape index (κ1) is 81.2. The topological polar surface area (TPSA) is 371 Å². The van der Waals surface area contributed by atoms with Gasteiger partial charge in [-0.15, -0.1) is 0 Å². The molecule has 0 aromatic rings. The van der Waals surface area contributed by atoms with Gasteiger partial charge in [-0.1, -0.05) is 0 Å². The number of carbonyl (C=O) groups is 9. The molecule has 33 nitrogen and oxygen atoms in total. The molecule has 0 aromatic carbocycles. The van der Waals surface area contributed by atoms with Gasteiger partial charge < -0.3 is 103 Å². The van der Waals surface area contributed by atoms with Crippen LogP contribution in [0.1, 0.15) is 46.5 Å². The molecule has 6 N–H and O–H groups in total. The summed E-state index contributed by atoms with van der Waals surface area (Å²) >= 11 is 1.42. The number of β-amino-alcohol motifs (C(OH)–C–C–N with tert-alkyl or cyclic N) is 3. The highest BCUT2D eigenvalue weighted by molar-refractivity contribution is 7.99. The quantitative estimate of drug-likeness (QED) is 0.0200. The van der Waals surface area contributed by atoms with Gasteiger partial charge in [-0.2, -0.15) is 11.8 Å².